The van der Waals surface area contributed by atoms with Crippen molar-refractivity contribution in [3.05, 3.63) is 44.6 Å². The minimum Gasteiger partial charge on any atom is -0.386 e. The van der Waals surface area contributed by atoms with Gasteiger partial charge in [0.15, 0.2) is 0 Å². The lowest BCUT2D eigenvalue weighted by Crippen LogP contribution is -2.11. The van der Waals surface area contributed by atoms with Crippen LogP contribution in [0.3, 0.4) is 0 Å². The minimum atomic E-state index is -0.555. The molecule has 0 unspecified atom stereocenters. The van der Waals surface area contributed by atoms with Gasteiger partial charge in [0.1, 0.15) is 0 Å². The highest BCUT2D eigenvalue weighted by Crippen LogP contribution is 2.23. The fourth-order valence-electron chi connectivity index (χ4n) is 1.84. The first-order valence-corrected chi connectivity index (χ1v) is 5.26. The fraction of sp³-hybridized carbons (Fsp3) is 0.385. The number of hydrogen-bond acceptors (Lipinski definition) is 3. The maximum Gasteiger partial charge on any atom is 0.346 e. The molecule has 0 aliphatic heterocycles. The summed E-state index contributed by atoms with van der Waals surface area (Å²) in [5.41, 5.74) is -0.133. The molecule has 0 amide bonds. The fourth-order valence-corrected chi connectivity index (χ4v) is 1.84. The van der Waals surface area contributed by atoms with Gasteiger partial charge >= 0.3 is 11.3 Å². The molecular formula is C13H14O3. The molecule has 1 aromatic carbocycles. The molecule has 84 valence electrons. The highest BCUT2D eigenvalue weighted by Gasteiger charge is 2.15. The Labute approximate surface area is 93.1 Å². The van der Waals surface area contributed by atoms with Crippen LogP contribution in [-0.4, -0.2) is 0 Å². The predicted octanol–water partition coefficient (Wildman–Crippen LogP) is 2.18. The van der Waals surface area contributed by atoms with Crippen molar-refractivity contribution in [1.82, 2.24) is 0 Å². The molecule has 3 heteroatoms. The smallest absolute Gasteiger partial charge is 0.346 e. The summed E-state index contributed by atoms with van der Waals surface area (Å²) >= 11 is 0. The molecule has 3 aromatic rings. The van der Waals surface area contributed by atoms with Crippen molar-refractivity contribution in [2.45, 2.75) is 27.2 Å². The lowest BCUT2D eigenvalue weighted by atomic mass is 9.87. The second kappa shape index (κ2) is 3.44. The topological polar surface area (TPSA) is 47.3 Å². The number of hydrogen-bond donors (Lipinski definition) is 0. The normalized spacial score (nSPS) is 12.2. The SMILES string of the molecule is CC(C)(C)Cc1cc2ccc1c(=O)oc2=O. The summed E-state index contributed by atoms with van der Waals surface area (Å²) in [6.07, 6.45) is 0.749. The zero-order chi connectivity index (χ0) is 11.9. The van der Waals surface area contributed by atoms with Crippen LogP contribution >= 0.6 is 0 Å². The first-order valence-electron chi connectivity index (χ1n) is 5.26. The van der Waals surface area contributed by atoms with Crippen molar-refractivity contribution in [2.24, 2.45) is 5.41 Å². The lowest BCUT2D eigenvalue weighted by molar-refractivity contribution is 0.412. The van der Waals surface area contributed by atoms with Crippen LogP contribution in [0.1, 0.15) is 26.3 Å². The van der Waals surface area contributed by atoms with Gasteiger partial charge in [0, 0.05) is 0 Å². The summed E-state index contributed by atoms with van der Waals surface area (Å²) in [7, 11) is 0. The Morgan fingerprint density at radius 2 is 1.81 bits per heavy atom. The van der Waals surface area contributed by atoms with E-state index in [4.69, 9.17) is 0 Å². The van der Waals surface area contributed by atoms with Gasteiger partial charge < -0.3 is 4.42 Å². The van der Waals surface area contributed by atoms with Crippen LogP contribution in [0, 0.1) is 5.41 Å². The number of fused-ring (bicyclic) bond motifs is 4. The molecule has 0 saturated carbocycles. The molecule has 0 aliphatic carbocycles. The van der Waals surface area contributed by atoms with Crippen molar-refractivity contribution in [3.8, 4) is 0 Å². The van der Waals surface area contributed by atoms with Gasteiger partial charge in [-0.3, -0.25) is 0 Å². The highest BCUT2D eigenvalue weighted by molar-refractivity contribution is 5.67. The molecule has 2 bridgehead atoms. The standard InChI is InChI=1S/C13H14O3/c1-13(2,3)7-9-6-8-4-5-10(9)12(15)16-11(8)14/h4-6H,7H2,1-3H3. The predicted molar refractivity (Wildman–Crippen MR) is 63.1 cm³/mol. The van der Waals surface area contributed by atoms with Crippen molar-refractivity contribution in [2.75, 3.05) is 0 Å². The van der Waals surface area contributed by atoms with Crippen LogP contribution in [0.15, 0.2) is 32.2 Å². The lowest BCUT2D eigenvalue weighted by Gasteiger charge is -2.18. The zero-order valence-corrected chi connectivity index (χ0v) is 9.66. The van der Waals surface area contributed by atoms with Gasteiger partial charge in [-0.2, -0.15) is 0 Å². The van der Waals surface area contributed by atoms with Crippen LogP contribution in [0.5, 0.6) is 0 Å². The molecule has 0 aliphatic rings. The van der Waals surface area contributed by atoms with E-state index in [1.807, 2.05) is 0 Å². The van der Waals surface area contributed by atoms with Crippen LogP contribution < -0.4 is 11.3 Å². The monoisotopic (exact) mass is 218 g/mol. The summed E-state index contributed by atoms with van der Waals surface area (Å²) in [5, 5.41) is 0.957. The van der Waals surface area contributed by atoms with Gasteiger partial charge in [-0.25, -0.2) is 9.59 Å². The summed E-state index contributed by atoms with van der Waals surface area (Å²) in [6.45, 7) is 6.28. The molecule has 0 spiro atoms. The van der Waals surface area contributed by atoms with E-state index in [0.29, 0.717) is 10.8 Å². The second-order valence-corrected chi connectivity index (χ2v) is 5.29. The molecule has 3 nitrogen and oxygen atoms in total. The Balaban J connectivity index is 2.74. The van der Waals surface area contributed by atoms with Gasteiger partial charge in [0.25, 0.3) is 0 Å². The van der Waals surface area contributed by atoms with Gasteiger partial charge in [0.05, 0.1) is 10.8 Å². The number of benzene rings is 1. The quantitative estimate of drug-likeness (QED) is 0.737. The third-order valence-electron chi connectivity index (χ3n) is 2.47. The third-order valence-corrected chi connectivity index (χ3v) is 2.47. The Kier molecular flexibility index (Phi) is 2.34. The third kappa shape index (κ3) is 1.98. The van der Waals surface area contributed by atoms with E-state index in [2.05, 4.69) is 25.2 Å². The van der Waals surface area contributed by atoms with E-state index < -0.39 is 11.3 Å². The van der Waals surface area contributed by atoms with E-state index in [1.165, 1.54) is 0 Å². The average molecular weight is 218 g/mol. The molecule has 0 fully saturated rings. The maximum atomic E-state index is 11.6. The molecule has 16 heavy (non-hydrogen) atoms. The first kappa shape index (κ1) is 10.9. The molecule has 2 aromatic heterocycles. The van der Waals surface area contributed by atoms with Gasteiger partial charge in [-0.05, 0) is 35.6 Å². The van der Waals surface area contributed by atoms with Crippen molar-refractivity contribution in [1.29, 1.82) is 0 Å². The van der Waals surface area contributed by atoms with E-state index in [1.54, 1.807) is 18.2 Å². The second-order valence-electron chi connectivity index (χ2n) is 5.29. The van der Waals surface area contributed by atoms with Gasteiger partial charge in [-0.1, -0.05) is 20.8 Å². The Morgan fingerprint density at radius 1 is 1.12 bits per heavy atom. The minimum absolute atomic E-state index is 0.0705. The van der Waals surface area contributed by atoms with E-state index in [0.717, 1.165) is 12.0 Å². The van der Waals surface area contributed by atoms with E-state index in [-0.39, 0.29) is 5.41 Å². The van der Waals surface area contributed by atoms with Crippen molar-refractivity contribution in [3.63, 3.8) is 0 Å². The van der Waals surface area contributed by atoms with Gasteiger partial charge in [-0.15, -0.1) is 0 Å². The summed E-state index contributed by atoms with van der Waals surface area (Å²) < 4.78 is 4.68. The Morgan fingerprint density at radius 3 is 2.44 bits per heavy atom. The van der Waals surface area contributed by atoms with E-state index in [9.17, 15) is 9.59 Å². The molecule has 0 N–H and O–H groups in total. The van der Waals surface area contributed by atoms with Crippen LogP contribution in [-0.2, 0) is 6.42 Å². The van der Waals surface area contributed by atoms with Crippen LogP contribution in [0.25, 0.3) is 10.8 Å². The molecule has 0 saturated heterocycles. The van der Waals surface area contributed by atoms with Gasteiger partial charge in [0.2, 0.25) is 0 Å². The first-order chi connectivity index (χ1) is 7.37. The summed E-state index contributed by atoms with van der Waals surface area (Å²) in [4.78, 5) is 23.0. The average Bonchev–Trinajstić information content (AvgIpc) is 2.31. The van der Waals surface area contributed by atoms with Crippen LogP contribution in [0.4, 0.5) is 0 Å². The van der Waals surface area contributed by atoms with E-state index >= 15 is 0 Å². The number of rotatable bonds is 1. The Hall–Kier alpha value is -1.64. The molecule has 3 rings (SSSR count). The molecular weight excluding hydrogens is 204 g/mol. The summed E-state index contributed by atoms with van der Waals surface area (Å²) in [5.74, 6) is 0. The largest absolute Gasteiger partial charge is 0.386 e. The highest BCUT2D eigenvalue weighted by atomic mass is 16.4. The zero-order valence-electron chi connectivity index (χ0n) is 9.66. The Bertz CT molecular complexity index is 617. The van der Waals surface area contributed by atoms with Crippen LogP contribution in [0.2, 0.25) is 0 Å². The van der Waals surface area contributed by atoms with Crippen molar-refractivity contribution >= 4 is 10.8 Å². The molecule has 2 heterocycles. The molecule has 0 atom stereocenters. The summed E-state index contributed by atoms with van der Waals surface area (Å²) in [6, 6.07) is 5.06. The molecule has 0 radical (unpaired) electrons. The van der Waals surface area contributed by atoms with Crippen molar-refractivity contribution < 1.29 is 4.42 Å². The maximum absolute atomic E-state index is 11.6.